The van der Waals surface area contributed by atoms with Gasteiger partial charge in [-0.15, -0.1) is 11.8 Å². The van der Waals surface area contributed by atoms with Crippen LogP contribution in [0.2, 0.25) is 0 Å². The Hall–Kier alpha value is -1.49. The molecule has 0 radical (unpaired) electrons. The summed E-state index contributed by atoms with van der Waals surface area (Å²) in [6, 6.07) is 3.94. The van der Waals surface area contributed by atoms with Crippen molar-refractivity contribution >= 4 is 11.8 Å². The van der Waals surface area contributed by atoms with E-state index in [1.54, 1.807) is 24.2 Å². The lowest BCUT2D eigenvalue weighted by Gasteiger charge is -2.07. The van der Waals surface area contributed by atoms with E-state index in [4.69, 9.17) is 24.0 Å². The normalized spacial score (nSPS) is 10.8. The van der Waals surface area contributed by atoms with Gasteiger partial charge in [-0.05, 0) is 19.1 Å². The van der Waals surface area contributed by atoms with Crippen molar-refractivity contribution in [3.05, 3.63) is 47.6 Å². The van der Waals surface area contributed by atoms with Crippen LogP contribution in [0.15, 0.2) is 35.6 Å². The van der Waals surface area contributed by atoms with Crippen LogP contribution in [0.4, 0.5) is 0 Å². The standard InChI is InChI=1S/C12H14N4S.ClHO4/c1-9-15-12(13)10(7-16(9)2)8-17-11-3-5-14-6-4-11;2-1(3,4)5/h3-7,13H,8H2,1-2H3;(H,2,3,4,5). The fourth-order valence-electron chi connectivity index (χ4n) is 1.40. The Morgan fingerprint density at radius 1 is 1.32 bits per heavy atom. The second-order valence-corrected chi connectivity index (χ2v) is 5.98. The van der Waals surface area contributed by atoms with Gasteiger partial charge in [-0.25, -0.2) is 4.98 Å². The van der Waals surface area contributed by atoms with E-state index in [0.29, 0.717) is 5.49 Å². The summed E-state index contributed by atoms with van der Waals surface area (Å²) in [6.45, 7) is 1.90. The summed E-state index contributed by atoms with van der Waals surface area (Å²) in [7, 11) is -2.75. The molecule has 0 aromatic carbocycles. The highest BCUT2D eigenvalue weighted by Crippen LogP contribution is 2.19. The summed E-state index contributed by atoms with van der Waals surface area (Å²) < 4.78 is 34.7. The van der Waals surface area contributed by atoms with Gasteiger partial charge in [0.2, 0.25) is 0 Å². The lowest BCUT2D eigenvalue weighted by Crippen LogP contribution is -2.58. The maximum Gasteiger partial charge on any atom is 0.152 e. The highest BCUT2D eigenvalue weighted by Gasteiger charge is 2.02. The molecule has 0 atom stereocenters. The van der Waals surface area contributed by atoms with Crippen molar-refractivity contribution in [3.63, 3.8) is 0 Å². The van der Waals surface area contributed by atoms with E-state index in [2.05, 4.69) is 9.97 Å². The summed E-state index contributed by atoms with van der Waals surface area (Å²) in [5.74, 6) is 1.61. The number of nitrogens with zero attached hydrogens (tertiary/aromatic N) is 3. The summed E-state index contributed by atoms with van der Waals surface area (Å²) in [6.07, 6.45) is 5.52. The van der Waals surface area contributed by atoms with Gasteiger partial charge >= 0.3 is 0 Å². The van der Waals surface area contributed by atoms with Crippen LogP contribution in [0.1, 0.15) is 11.4 Å². The van der Waals surface area contributed by atoms with Gasteiger partial charge in [-0.2, -0.15) is 14.0 Å². The molecule has 2 aromatic rings. The predicted octanol–water partition coefficient (Wildman–Crippen LogP) is -2.23. The highest BCUT2D eigenvalue weighted by atomic mass is 35.7. The summed E-state index contributed by atoms with van der Waals surface area (Å²) >= 11 is 1.69. The summed E-state index contributed by atoms with van der Waals surface area (Å²) in [5.41, 5.74) is 1.31. The van der Waals surface area contributed by atoms with Crippen LogP contribution in [0.5, 0.6) is 0 Å². The van der Waals surface area contributed by atoms with Gasteiger partial charge in [0.1, 0.15) is 5.82 Å². The first-order valence-electron chi connectivity index (χ1n) is 5.90. The lowest BCUT2D eigenvalue weighted by molar-refractivity contribution is -1.92. The Labute approximate surface area is 133 Å². The second-order valence-electron chi connectivity index (χ2n) is 4.14. The summed E-state index contributed by atoms with van der Waals surface area (Å²) in [4.78, 5) is 9.32. The average Bonchev–Trinajstić information content (AvgIpc) is 2.41. The molecule has 2 aromatic heterocycles. The Morgan fingerprint density at radius 3 is 2.41 bits per heavy atom. The number of nitrogens with one attached hydrogen (secondary N) is 1. The molecule has 0 saturated carbocycles. The molecular weight excluding hydrogens is 332 g/mol. The van der Waals surface area contributed by atoms with Gasteiger partial charge in [0.15, 0.2) is 5.49 Å². The lowest BCUT2D eigenvalue weighted by atomic mass is 10.3. The first-order valence-corrected chi connectivity index (χ1v) is 8.15. The number of hydrogen-bond acceptors (Lipinski definition) is 8. The molecule has 0 aliphatic rings. The summed E-state index contributed by atoms with van der Waals surface area (Å²) in [5, 5.41) is 7.82. The van der Waals surface area contributed by atoms with Crippen LogP contribution in [0.25, 0.3) is 0 Å². The van der Waals surface area contributed by atoms with E-state index in [-0.39, 0.29) is 0 Å². The smallest absolute Gasteiger partial charge is 0.152 e. The van der Waals surface area contributed by atoms with Gasteiger partial charge in [0, 0.05) is 41.8 Å². The molecule has 2 heterocycles. The van der Waals surface area contributed by atoms with Crippen molar-refractivity contribution in [1.82, 2.24) is 14.5 Å². The van der Waals surface area contributed by atoms with Crippen LogP contribution >= 0.6 is 11.8 Å². The van der Waals surface area contributed by atoms with E-state index < -0.39 is 10.2 Å². The Morgan fingerprint density at radius 2 is 1.86 bits per heavy atom. The van der Waals surface area contributed by atoms with Crippen molar-refractivity contribution in [2.45, 2.75) is 17.6 Å². The van der Waals surface area contributed by atoms with Crippen LogP contribution in [0.3, 0.4) is 0 Å². The van der Waals surface area contributed by atoms with Crippen LogP contribution in [0, 0.1) is 22.6 Å². The maximum absolute atomic E-state index is 8.60. The molecule has 0 aliphatic carbocycles. The van der Waals surface area contributed by atoms with Crippen LogP contribution in [-0.2, 0) is 12.8 Å². The second kappa shape index (κ2) is 8.22. The Bertz CT molecular complexity index is 654. The molecule has 0 fully saturated rings. The number of aryl methyl sites for hydroxylation is 2. The minimum Gasteiger partial charge on any atom is -0.339 e. The van der Waals surface area contributed by atoms with Gasteiger partial charge in [0.05, 0.1) is 14.9 Å². The van der Waals surface area contributed by atoms with Crippen molar-refractivity contribution in [1.29, 1.82) is 5.41 Å². The third-order valence-corrected chi connectivity index (χ3v) is 3.54. The van der Waals surface area contributed by atoms with E-state index in [9.17, 15) is 0 Å². The average molecular weight is 347 g/mol. The third-order valence-electron chi connectivity index (χ3n) is 2.48. The molecule has 10 heteroatoms. The van der Waals surface area contributed by atoms with Gasteiger partial charge in [-0.1, -0.05) is 0 Å². The molecule has 0 amide bonds. The Balaban J connectivity index is 0.000000422. The quantitative estimate of drug-likeness (QED) is 0.598. The van der Waals surface area contributed by atoms with E-state index in [0.717, 1.165) is 22.0 Å². The van der Waals surface area contributed by atoms with Gasteiger partial charge in [-0.3, -0.25) is 10.4 Å². The molecule has 8 nitrogen and oxygen atoms in total. The molecular formula is C12H15ClN4O4S. The molecule has 2 N–H and O–H groups in total. The molecule has 0 bridgehead atoms. The molecule has 120 valence electrons. The van der Waals surface area contributed by atoms with Crippen LogP contribution < -0.4 is 19.5 Å². The topological polar surface area (TPSA) is 144 Å². The van der Waals surface area contributed by atoms with E-state index in [1.165, 1.54) is 0 Å². The Kier molecular flexibility index (Phi) is 6.94. The molecule has 0 aliphatic heterocycles. The molecule has 0 spiro atoms. The largest absolute Gasteiger partial charge is 0.339 e. The molecule has 22 heavy (non-hydrogen) atoms. The van der Waals surface area contributed by atoms with Crippen LogP contribution in [-0.4, -0.2) is 19.2 Å². The zero-order valence-corrected chi connectivity index (χ0v) is 13.5. The monoisotopic (exact) mass is 346 g/mol. The SMILES string of the molecule is Cc1nc(=N)c(CSc2ccncc2)cn1C.[O-][Cl+3]([O-])([O-])O. The number of pyridine rings is 1. The van der Waals surface area contributed by atoms with E-state index >= 15 is 0 Å². The first kappa shape index (κ1) is 18.6. The van der Waals surface area contributed by atoms with Gasteiger partial charge in [0.25, 0.3) is 0 Å². The van der Waals surface area contributed by atoms with Crippen molar-refractivity contribution in [3.8, 4) is 0 Å². The molecule has 0 saturated heterocycles. The van der Waals surface area contributed by atoms with Crippen molar-refractivity contribution in [2.75, 3.05) is 0 Å². The third kappa shape index (κ3) is 7.50. The maximum atomic E-state index is 8.60. The fraction of sp³-hybridized carbons (Fsp3) is 0.250. The van der Waals surface area contributed by atoms with Gasteiger partial charge < -0.3 is 4.57 Å². The first-order chi connectivity index (χ1) is 10.2. The molecule has 2 rings (SSSR count). The van der Waals surface area contributed by atoms with Crippen molar-refractivity contribution in [2.24, 2.45) is 7.05 Å². The number of thioether (sulfide) groups is 1. The predicted molar refractivity (Wildman–Crippen MR) is 69.8 cm³/mol. The highest BCUT2D eigenvalue weighted by molar-refractivity contribution is 7.98. The zero-order valence-electron chi connectivity index (χ0n) is 11.9. The minimum absolute atomic E-state index is 0.363. The number of rotatable bonds is 3. The number of halogens is 1. The fourth-order valence-corrected chi connectivity index (χ4v) is 2.25. The number of hydrogen-bond donors (Lipinski definition) is 2. The number of aromatic nitrogens is 3. The minimum atomic E-state index is -4.69. The molecule has 0 unspecified atom stereocenters. The van der Waals surface area contributed by atoms with E-state index in [1.807, 2.05) is 36.9 Å². The zero-order chi connectivity index (χ0) is 16.8. The van der Waals surface area contributed by atoms with Crippen molar-refractivity contribution < 1.29 is 28.9 Å².